The summed E-state index contributed by atoms with van der Waals surface area (Å²) in [5, 5.41) is 0.784. The van der Waals surface area contributed by atoms with Crippen molar-refractivity contribution in [1.82, 2.24) is 0 Å². The van der Waals surface area contributed by atoms with E-state index in [-0.39, 0.29) is 10.7 Å². The number of rotatable bonds is 7. The first kappa shape index (κ1) is 26.4. The van der Waals surface area contributed by atoms with Gasteiger partial charge in [0.05, 0.1) is 18.0 Å². The van der Waals surface area contributed by atoms with Crippen LogP contribution < -0.4 is 14.5 Å². The minimum atomic E-state index is -0.485. The van der Waals surface area contributed by atoms with E-state index in [1.165, 1.54) is 9.80 Å². The average Bonchev–Trinajstić information content (AvgIpc) is 2.95. The van der Waals surface area contributed by atoms with E-state index < -0.39 is 11.8 Å². The zero-order valence-corrected chi connectivity index (χ0v) is 22.8. The molecule has 1 heterocycles. The molecule has 5 nitrogen and oxygen atoms in total. The van der Waals surface area contributed by atoms with Gasteiger partial charge in [-0.05, 0) is 78.3 Å². The third-order valence-electron chi connectivity index (χ3n) is 6.32. The quantitative estimate of drug-likeness (QED) is 0.140. The number of amides is 2. The fourth-order valence-electron chi connectivity index (χ4n) is 4.45. The predicted molar refractivity (Wildman–Crippen MR) is 160 cm³/mol. The Hall–Kier alpha value is -4.26. The first-order valence-electron chi connectivity index (χ1n) is 12.5. The van der Waals surface area contributed by atoms with Crippen LogP contribution in [-0.2, 0) is 16.0 Å². The Labute approximate surface area is 237 Å². The maximum Gasteiger partial charge on any atom is 0.270 e. The van der Waals surface area contributed by atoms with E-state index in [0.29, 0.717) is 40.7 Å². The van der Waals surface area contributed by atoms with Gasteiger partial charge in [0, 0.05) is 11.4 Å². The minimum absolute atomic E-state index is 0.00221. The number of carbonyl (C=O) groups excluding carboxylic acids is 2. The first-order valence-corrected chi connectivity index (χ1v) is 13.3. The molecule has 1 saturated heterocycles. The summed E-state index contributed by atoms with van der Waals surface area (Å²) < 4.78 is 5.95. The Morgan fingerprint density at radius 1 is 0.769 bits per heavy atom. The fourth-order valence-corrected chi connectivity index (χ4v) is 5.03. The van der Waals surface area contributed by atoms with Gasteiger partial charge in [-0.25, -0.2) is 0 Å². The highest BCUT2D eigenvalue weighted by atomic mass is 35.5. The van der Waals surface area contributed by atoms with E-state index in [0.717, 1.165) is 11.1 Å². The lowest BCUT2D eigenvalue weighted by atomic mass is 10.00. The molecule has 0 unspecified atom stereocenters. The van der Waals surface area contributed by atoms with Crippen LogP contribution in [0.25, 0.3) is 6.08 Å². The Morgan fingerprint density at radius 2 is 1.33 bits per heavy atom. The Kier molecular flexibility index (Phi) is 7.87. The van der Waals surface area contributed by atoms with E-state index in [1.807, 2.05) is 85.8 Å². The Morgan fingerprint density at radius 3 is 1.90 bits per heavy atom. The second kappa shape index (κ2) is 11.6. The van der Waals surface area contributed by atoms with Crippen LogP contribution in [0, 0.1) is 0 Å². The molecule has 0 radical (unpaired) electrons. The summed E-state index contributed by atoms with van der Waals surface area (Å²) in [6.07, 6.45) is 2.18. The largest absolute Gasteiger partial charge is 0.494 e. The highest BCUT2D eigenvalue weighted by Crippen LogP contribution is 2.31. The Balaban J connectivity index is 1.57. The molecular weight excluding hydrogens is 528 g/mol. The van der Waals surface area contributed by atoms with Crippen molar-refractivity contribution >= 4 is 58.2 Å². The lowest BCUT2D eigenvalue weighted by Gasteiger charge is -2.36. The molecule has 4 aromatic rings. The summed E-state index contributed by atoms with van der Waals surface area (Å²) in [6.45, 7) is 2.38. The number of para-hydroxylation sites is 2. The molecule has 0 aromatic heterocycles. The van der Waals surface area contributed by atoms with Crippen molar-refractivity contribution in [2.45, 2.75) is 13.3 Å². The highest BCUT2D eigenvalue weighted by molar-refractivity contribution is 7.81. The van der Waals surface area contributed by atoms with Crippen molar-refractivity contribution in [2.75, 3.05) is 16.4 Å². The van der Waals surface area contributed by atoms with E-state index in [4.69, 9.17) is 28.6 Å². The third kappa shape index (κ3) is 5.48. The normalized spacial score (nSPS) is 13.6. The fraction of sp³-hybridized carbons (Fsp3) is 0.0938. The zero-order valence-electron chi connectivity index (χ0n) is 21.2. The smallest absolute Gasteiger partial charge is 0.270 e. The molecule has 194 valence electrons. The predicted octanol–water partition coefficient (Wildman–Crippen LogP) is 7.08. The molecule has 7 heteroatoms. The molecule has 0 atom stereocenters. The van der Waals surface area contributed by atoms with Gasteiger partial charge in [-0.1, -0.05) is 78.3 Å². The summed E-state index contributed by atoms with van der Waals surface area (Å²) in [4.78, 5) is 30.3. The molecular formula is C32H25ClN2O3S. The van der Waals surface area contributed by atoms with Crippen LogP contribution in [0.5, 0.6) is 5.75 Å². The van der Waals surface area contributed by atoms with E-state index in [2.05, 4.69) is 0 Å². The van der Waals surface area contributed by atoms with E-state index in [9.17, 15) is 9.59 Å². The molecule has 0 saturated carbocycles. The maximum absolute atomic E-state index is 13.8. The highest BCUT2D eigenvalue weighted by Gasteiger charge is 2.41. The number of benzene rings is 4. The van der Waals surface area contributed by atoms with Gasteiger partial charge in [-0.3, -0.25) is 19.4 Å². The standard InChI is InChI=1S/C32H25ClN2O3S/c1-2-38-29-20-22(17-18-24(29)21-23-11-9-10-16-28(23)33)19-27-30(36)34(25-12-5-3-6-13-25)32(39)35(31(27)37)26-14-7-4-8-15-26/h3-20H,2,21H2,1H3. The van der Waals surface area contributed by atoms with Crippen molar-refractivity contribution in [2.24, 2.45) is 0 Å². The average molecular weight is 553 g/mol. The molecule has 1 aliphatic rings. The number of halogens is 1. The van der Waals surface area contributed by atoms with Crippen molar-refractivity contribution in [3.05, 3.63) is 130 Å². The molecule has 0 N–H and O–H groups in total. The van der Waals surface area contributed by atoms with Crippen LogP contribution in [0.4, 0.5) is 11.4 Å². The number of anilines is 2. The number of hydrogen-bond donors (Lipinski definition) is 0. The molecule has 4 aromatic carbocycles. The van der Waals surface area contributed by atoms with Gasteiger partial charge in [0.25, 0.3) is 11.8 Å². The van der Waals surface area contributed by atoms with Crippen LogP contribution in [0.2, 0.25) is 5.02 Å². The third-order valence-corrected chi connectivity index (χ3v) is 7.05. The van der Waals surface area contributed by atoms with Gasteiger partial charge < -0.3 is 4.74 Å². The maximum atomic E-state index is 13.8. The van der Waals surface area contributed by atoms with Gasteiger partial charge in [0.1, 0.15) is 11.3 Å². The number of ether oxygens (including phenoxy) is 1. The minimum Gasteiger partial charge on any atom is -0.494 e. The summed E-state index contributed by atoms with van der Waals surface area (Å²) in [7, 11) is 0. The van der Waals surface area contributed by atoms with Gasteiger partial charge in [0.15, 0.2) is 5.11 Å². The van der Waals surface area contributed by atoms with E-state index in [1.54, 1.807) is 30.3 Å². The number of hydrogen-bond acceptors (Lipinski definition) is 4. The lowest BCUT2D eigenvalue weighted by molar-refractivity contribution is -0.120. The summed E-state index contributed by atoms with van der Waals surface area (Å²) in [5.41, 5.74) is 3.75. The van der Waals surface area contributed by atoms with Crippen LogP contribution in [0.15, 0.2) is 109 Å². The van der Waals surface area contributed by atoms with Gasteiger partial charge in [-0.15, -0.1) is 0 Å². The van der Waals surface area contributed by atoms with Crippen molar-refractivity contribution in [1.29, 1.82) is 0 Å². The van der Waals surface area contributed by atoms with Crippen LogP contribution in [0.1, 0.15) is 23.6 Å². The molecule has 1 aliphatic heterocycles. The Bertz CT molecular complexity index is 1510. The molecule has 1 fully saturated rings. The number of thiocarbonyl (C=S) groups is 1. The summed E-state index contributed by atoms with van der Waals surface area (Å²) in [6, 6.07) is 31.5. The van der Waals surface area contributed by atoms with Crippen molar-refractivity contribution in [3.63, 3.8) is 0 Å². The molecule has 5 rings (SSSR count). The van der Waals surface area contributed by atoms with Crippen LogP contribution >= 0.6 is 23.8 Å². The topological polar surface area (TPSA) is 49.9 Å². The van der Waals surface area contributed by atoms with Crippen LogP contribution in [0.3, 0.4) is 0 Å². The lowest BCUT2D eigenvalue weighted by Crippen LogP contribution is -2.56. The molecule has 0 bridgehead atoms. The zero-order chi connectivity index (χ0) is 27.4. The van der Waals surface area contributed by atoms with Gasteiger partial charge >= 0.3 is 0 Å². The molecule has 0 spiro atoms. The second-order valence-corrected chi connectivity index (χ2v) is 9.63. The van der Waals surface area contributed by atoms with Crippen molar-refractivity contribution in [3.8, 4) is 5.75 Å². The van der Waals surface area contributed by atoms with Gasteiger partial charge in [-0.2, -0.15) is 0 Å². The van der Waals surface area contributed by atoms with Crippen molar-refractivity contribution < 1.29 is 14.3 Å². The van der Waals surface area contributed by atoms with E-state index >= 15 is 0 Å². The first-order chi connectivity index (χ1) is 19.0. The number of carbonyl (C=O) groups is 2. The monoisotopic (exact) mass is 552 g/mol. The second-order valence-electron chi connectivity index (χ2n) is 8.86. The molecule has 2 amide bonds. The summed E-state index contributed by atoms with van der Waals surface area (Å²) >= 11 is 12.1. The van der Waals surface area contributed by atoms with Gasteiger partial charge in [0.2, 0.25) is 0 Å². The number of nitrogens with zero attached hydrogens (tertiary/aromatic N) is 2. The molecule has 39 heavy (non-hydrogen) atoms. The molecule has 0 aliphatic carbocycles. The SMILES string of the molecule is CCOc1cc(C=C2C(=O)N(c3ccccc3)C(=S)N(c3ccccc3)C2=O)ccc1Cc1ccccc1Cl. The van der Waals surface area contributed by atoms with Crippen LogP contribution in [-0.4, -0.2) is 23.5 Å². The summed E-state index contributed by atoms with van der Waals surface area (Å²) in [5.74, 6) is -0.305.